The largest absolute Gasteiger partial charge is 0.291 e. The van der Waals surface area contributed by atoms with Crippen molar-refractivity contribution >= 4 is 5.91 Å². The van der Waals surface area contributed by atoms with Crippen LogP contribution >= 0.6 is 0 Å². The van der Waals surface area contributed by atoms with Crippen molar-refractivity contribution in [3.8, 4) is 0 Å². The van der Waals surface area contributed by atoms with Crippen LogP contribution in [0.15, 0.2) is 30.3 Å². The molecule has 0 bridgehead atoms. The molecule has 0 aromatic heterocycles. The molecule has 3 nitrogen and oxygen atoms in total. The van der Waals surface area contributed by atoms with Crippen LogP contribution in [0.5, 0.6) is 0 Å². The molecule has 1 aromatic carbocycles. The van der Waals surface area contributed by atoms with Gasteiger partial charge in [0, 0.05) is 13.0 Å². The van der Waals surface area contributed by atoms with Gasteiger partial charge in [0.1, 0.15) is 0 Å². The first kappa shape index (κ1) is 23.9. The molecule has 3 heteroatoms. The van der Waals surface area contributed by atoms with Crippen molar-refractivity contribution in [3.63, 3.8) is 0 Å². The first-order valence-electron chi connectivity index (χ1n) is 12.3. The summed E-state index contributed by atoms with van der Waals surface area (Å²) in [6.07, 6.45) is 19.8. The molecule has 2 N–H and O–H groups in total. The number of hydrogen-bond donors (Lipinski definition) is 2. The molecule has 2 rings (SSSR count). The Morgan fingerprint density at radius 1 is 0.828 bits per heavy atom. The molecule has 0 aliphatic heterocycles. The molecule has 0 saturated heterocycles. The molecule has 1 aliphatic rings. The van der Waals surface area contributed by atoms with E-state index in [0.717, 1.165) is 18.3 Å². The van der Waals surface area contributed by atoms with Crippen LogP contribution in [0.1, 0.15) is 109 Å². The van der Waals surface area contributed by atoms with Crippen molar-refractivity contribution in [3.05, 3.63) is 35.9 Å². The van der Waals surface area contributed by atoms with Crippen LogP contribution in [0.25, 0.3) is 0 Å². The van der Waals surface area contributed by atoms with E-state index in [9.17, 15) is 4.79 Å². The monoisotopic (exact) mass is 400 g/mol. The highest BCUT2D eigenvalue weighted by molar-refractivity contribution is 5.75. The van der Waals surface area contributed by atoms with Crippen LogP contribution in [0.4, 0.5) is 0 Å². The zero-order chi connectivity index (χ0) is 20.6. The zero-order valence-corrected chi connectivity index (χ0v) is 18.8. The average Bonchev–Trinajstić information content (AvgIpc) is 3.49. The maximum atomic E-state index is 11.8. The molecule has 1 aliphatic carbocycles. The number of nitrogens with one attached hydrogen (secondary N) is 2. The Bertz CT molecular complexity index is 531. The van der Waals surface area contributed by atoms with E-state index in [0.29, 0.717) is 13.0 Å². The van der Waals surface area contributed by atoms with Gasteiger partial charge in [0.05, 0.1) is 0 Å². The van der Waals surface area contributed by atoms with E-state index in [1.165, 1.54) is 89.0 Å². The Morgan fingerprint density at radius 2 is 1.41 bits per heavy atom. The summed E-state index contributed by atoms with van der Waals surface area (Å²) < 4.78 is 0. The van der Waals surface area contributed by atoms with Gasteiger partial charge in [-0.15, -0.1) is 0 Å². The van der Waals surface area contributed by atoms with Crippen LogP contribution in [-0.2, 0) is 11.3 Å². The van der Waals surface area contributed by atoms with Crippen LogP contribution in [0.2, 0.25) is 0 Å². The third-order valence-corrected chi connectivity index (χ3v) is 6.34. The summed E-state index contributed by atoms with van der Waals surface area (Å²) in [6, 6.07) is 10.1. The van der Waals surface area contributed by atoms with Crippen molar-refractivity contribution in [2.24, 2.45) is 11.8 Å². The van der Waals surface area contributed by atoms with E-state index in [-0.39, 0.29) is 5.91 Å². The number of hydrazine groups is 1. The maximum Gasteiger partial charge on any atom is 0.234 e. The summed E-state index contributed by atoms with van der Waals surface area (Å²) in [5.41, 5.74) is 7.00. The zero-order valence-electron chi connectivity index (χ0n) is 18.8. The minimum atomic E-state index is 0.108. The Hall–Kier alpha value is -1.35. The third-order valence-electron chi connectivity index (χ3n) is 6.34. The molecule has 0 spiro atoms. The summed E-state index contributed by atoms with van der Waals surface area (Å²) in [6.45, 7) is 2.96. The highest BCUT2D eigenvalue weighted by Gasteiger charge is 2.34. The molecule has 164 valence electrons. The first-order chi connectivity index (χ1) is 14.3. The lowest BCUT2D eigenvalue weighted by Gasteiger charge is -2.07. The van der Waals surface area contributed by atoms with Crippen LogP contribution in [-0.4, -0.2) is 5.91 Å². The summed E-state index contributed by atoms with van der Waals surface area (Å²) in [4.78, 5) is 11.8. The number of carbonyl (C=O) groups is 1. The maximum absolute atomic E-state index is 11.8. The fourth-order valence-corrected chi connectivity index (χ4v) is 4.33. The topological polar surface area (TPSA) is 41.1 Å². The number of benzene rings is 1. The predicted molar refractivity (Wildman–Crippen MR) is 123 cm³/mol. The molecule has 29 heavy (non-hydrogen) atoms. The molecule has 0 unspecified atom stereocenters. The number of rotatable bonds is 18. The molecule has 1 saturated carbocycles. The van der Waals surface area contributed by atoms with Gasteiger partial charge in [-0.2, -0.15) is 0 Å². The second-order valence-electron chi connectivity index (χ2n) is 9.01. The van der Waals surface area contributed by atoms with Crippen LogP contribution in [0.3, 0.4) is 0 Å². The van der Waals surface area contributed by atoms with Gasteiger partial charge in [0.15, 0.2) is 0 Å². The number of unbranched alkanes of at least 4 members (excludes halogenated alkanes) is 9. The quantitative estimate of drug-likeness (QED) is 0.207. The lowest BCUT2D eigenvalue weighted by Crippen LogP contribution is -2.36. The molecule has 0 heterocycles. The molecule has 1 fully saturated rings. The van der Waals surface area contributed by atoms with E-state index in [4.69, 9.17) is 0 Å². The summed E-state index contributed by atoms with van der Waals surface area (Å²) >= 11 is 0. The Kier molecular flexibility index (Phi) is 12.8. The van der Waals surface area contributed by atoms with Gasteiger partial charge in [-0.25, -0.2) is 5.43 Å². The molecule has 1 aromatic rings. The summed E-state index contributed by atoms with van der Waals surface area (Å²) in [5, 5.41) is 0. The van der Waals surface area contributed by atoms with Gasteiger partial charge < -0.3 is 0 Å². The fourth-order valence-electron chi connectivity index (χ4n) is 4.33. The van der Waals surface area contributed by atoms with Crippen LogP contribution < -0.4 is 10.9 Å². The lowest BCUT2D eigenvalue weighted by atomic mass is 10.0. The van der Waals surface area contributed by atoms with E-state index in [2.05, 4.69) is 29.9 Å². The van der Waals surface area contributed by atoms with Gasteiger partial charge in [-0.05, 0) is 30.2 Å². The average molecular weight is 401 g/mol. The normalized spacial score (nSPS) is 18.0. The molecular weight excluding hydrogens is 356 g/mol. The molecule has 2 atom stereocenters. The van der Waals surface area contributed by atoms with Crippen molar-refractivity contribution in [2.75, 3.05) is 0 Å². The van der Waals surface area contributed by atoms with E-state index in [1.807, 2.05) is 18.2 Å². The van der Waals surface area contributed by atoms with Gasteiger partial charge >= 0.3 is 0 Å². The Labute approximate surface area is 179 Å². The number of carbonyl (C=O) groups excluding carboxylic acids is 1. The van der Waals surface area contributed by atoms with Gasteiger partial charge in [0.25, 0.3) is 0 Å². The second kappa shape index (κ2) is 15.5. The number of hydrogen-bond acceptors (Lipinski definition) is 2. The highest BCUT2D eigenvalue weighted by Crippen LogP contribution is 2.45. The standard InChI is InChI=1S/C26H44N2O/c1-2-3-4-5-7-13-18-24-21-25(24)19-14-8-6-9-15-20-26(29)28-27-22-23-16-11-10-12-17-23/h10-12,16-17,24-25,27H,2-9,13-15,18-22H2,1H3,(H,28,29)/t24-,25+/m0/s1. The Morgan fingerprint density at radius 3 is 2.07 bits per heavy atom. The van der Waals surface area contributed by atoms with Gasteiger partial charge in [0.2, 0.25) is 5.91 Å². The SMILES string of the molecule is CCCCCCCC[C@H]1C[C@H]1CCCCCCCC(=O)NNCc1ccccc1. The minimum Gasteiger partial charge on any atom is -0.291 e. The predicted octanol–water partition coefficient (Wildman–Crippen LogP) is 6.92. The minimum absolute atomic E-state index is 0.108. The fraction of sp³-hybridized carbons (Fsp3) is 0.731. The smallest absolute Gasteiger partial charge is 0.234 e. The number of amides is 1. The van der Waals surface area contributed by atoms with E-state index < -0.39 is 0 Å². The first-order valence-corrected chi connectivity index (χ1v) is 12.3. The third kappa shape index (κ3) is 12.1. The molecule has 1 amide bonds. The lowest BCUT2D eigenvalue weighted by molar-refractivity contribution is -0.122. The molecular formula is C26H44N2O. The van der Waals surface area contributed by atoms with Crippen molar-refractivity contribution in [1.29, 1.82) is 0 Å². The van der Waals surface area contributed by atoms with Gasteiger partial charge in [-0.3, -0.25) is 10.2 Å². The van der Waals surface area contributed by atoms with E-state index >= 15 is 0 Å². The second-order valence-corrected chi connectivity index (χ2v) is 9.01. The van der Waals surface area contributed by atoms with Crippen molar-refractivity contribution in [2.45, 2.75) is 110 Å². The van der Waals surface area contributed by atoms with Crippen molar-refractivity contribution in [1.82, 2.24) is 10.9 Å². The van der Waals surface area contributed by atoms with Crippen molar-refractivity contribution < 1.29 is 4.79 Å². The Balaban J connectivity index is 1.31. The van der Waals surface area contributed by atoms with Crippen LogP contribution in [0, 0.1) is 11.8 Å². The highest BCUT2D eigenvalue weighted by atomic mass is 16.2. The van der Waals surface area contributed by atoms with E-state index in [1.54, 1.807) is 0 Å². The van der Waals surface area contributed by atoms with Gasteiger partial charge in [-0.1, -0.05) is 114 Å². The molecule has 0 radical (unpaired) electrons. The summed E-state index contributed by atoms with van der Waals surface area (Å²) in [7, 11) is 0. The summed E-state index contributed by atoms with van der Waals surface area (Å²) in [5.74, 6) is 2.22.